The van der Waals surface area contributed by atoms with Crippen LogP contribution < -0.4 is 5.30 Å². The minimum atomic E-state index is 0.119. The number of carbonyl (C=O) groups excluding carboxylic acids is 1. The van der Waals surface area contributed by atoms with E-state index in [9.17, 15) is 4.79 Å². The lowest BCUT2D eigenvalue weighted by molar-refractivity contribution is 0.0757. The number of aromatic nitrogens is 1. The van der Waals surface area contributed by atoms with Gasteiger partial charge in [-0.3, -0.25) is 9.78 Å². The fraction of sp³-hybridized carbons (Fsp3) is 0.400. The Morgan fingerprint density at radius 3 is 2.29 bits per heavy atom. The van der Waals surface area contributed by atoms with Gasteiger partial charge in [0.05, 0.1) is 0 Å². The highest BCUT2D eigenvalue weighted by Crippen LogP contribution is 2.22. The highest BCUT2D eigenvalue weighted by atomic mass is 31.0. The molecule has 1 aromatic heterocycles. The molecule has 1 heterocycles. The van der Waals surface area contributed by atoms with Crippen molar-refractivity contribution in [3.8, 4) is 11.1 Å². The van der Waals surface area contributed by atoms with Gasteiger partial charge in [0.1, 0.15) is 0 Å². The Morgan fingerprint density at radius 2 is 1.75 bits per heavy atom. The van der Waals surface area contributed by atoms with Gasteiger partial charge in [0.2, 0.25) is 0 Å². The van der Waals surface area contributed by atoms with Gasteiger partial charge in [0.15, 0.2) is 0 Å². The lowest BCUT2D eigenvalue weighted by Crippen LogP contribution is -2.34. The van der Waals surface area contributed by atoms with Crippen LogP contribution in [0.4, 0.5) is 0 Å². The summed E-state index contributed by atoms with van der Waals surface area (Å²) in [5, 5.41) is 0.938. The van der Waals surface area contributed by atoms with Gasteiger partial charge >= 0.3 is 0 Å². The van der Waals surface area contributed by atoms with Crippen LogP contribution >= 0.6 is 9.24 Å². The molecule has 1 amide bonds. The molecule has 0 saturated carbocycles. The van der Waals surface area contributed by atoms with Crippen LogP contribution in [0.15, 0.2) is 30.5 Å². The first kappa shape index (κ1) is 18.6. The third-order valence-electron chi connectivity index (χ3n) is 4.23. The molecule has 0 spiro atoms. The number of pyridine rings is 1. The molecule has 3 nitrogen and oxygen atoms in total. The van der Waals surface area contributed by atoms with Crippen molar-refractivity contribution in [2.75, 3.05) is 13.1 Å². The molecule has 1 atom stereocenters. The van der Waals surface area contributed by atoms with Gasteiger partial charge in [-0.15, -0.1) is 9.24 Å². The fourth-order valence-electron chi connectivity index (χ4n) is 2.76. The molecule has 0 fully saturated rings. The molecule has 0 aliphatic rings. The van der Waals surface area contributed by atoms with Crippen LogP contribution in [0.5, 0.6) is 0 Å². The molecule has 2 aromatic rings. The number of carbonyl (C=O) groups is 1. The first-order valence-electron chi connectivity index (χ1n) is 8.60. The zero-order chi connectivity index (χ0) is 17.7. The Morgan fingerprint density at radius 1 is 1.08 bits per heavy atom. The molecule has 128 valence electrons. The van der Waals surface area contributed by atoms with E-state index in [0.717, 1.165) is 53.6 Å². The summed E-state index contributed by atoms with van der Waals surface area (Å²) in [6.45, 7) is 9.90. The zero-order valence-electron chi connectivity index (χ0n) is 15.1. The topological polar surface area (TPSA) is 33.2 Å². The summed E-state index contributed by atoms with van der Waals surface area (Å²) in [5.41, 5.74) is 5.16. The van der Waals surface area contributed by atoms with Gasteiger partial charge in [-0.05, 0) is 61.3 Å². The van der Waals surface area contributed by atoms with Crippen LogP contribution in [-0.4, -0.2) is 28.9 Å². The van der Waals surface area contributed by atoms with E-state index in [1.165, 1.54) is 5.56 Å². The lowest BCUT2D eigenvalue weighted by atomic mass is 10.0. The molecule has 24 heavy (non-hydrogen) atoms. The average Bonchev–Trinajstić information content (AvgIpc) is 2.56. The number of aryl methyl sites for hydroxylation is 2. The largest absolute Gasteiger partial charge is 0.339 e. The Hall–Kier alpha value is -1.73. The average molecular weight is 342 g/mol. The predicted octanol–water partition coefficient (Wildman–Crippen LogP) is 4.13. The normalized spacial score (nSPS) is 10.7. The van der Waals surface area contributed by atoms with Crippen molar-refractivity contribution in [2.45, 2.75) is 40.5 Å². The molecule has 1 aromatic carbocycles. The van der Waals surface area contributed by atoms with Crippen LogP contribution in [0, 0.1) is 13.8 Å². The third kappa shape index (κ3) is 4.21. The summed E-state index contributed by atoms with van der Waals surface area (Å²) in [7, 11) is 2.71. The maximum Gasteiger partial charge on any atom is 0.254 e. The maximum atomic E-state index is 12.8. The number of nitrogens with zero attached hydrogens (tertiary/aromatic N) is 2. The molecule has 0 N–H and O–H groups in total. The van der Waals surface area contributed by atoms with Crippen LogP contribution in [0.25, 0.3) is 11.1 Å². The quantitative estimate of drug-likeness (QED) is 0.740. The first-order chi connectivity index (χ1) is 11.5. The number of amides is 1. The molecule has 1 unspecified atom stereocenters. The van der Waals surface area contributed by atoms with E-state index in [1.54, 1.807) is 0 Å². The van der Waals surface area contributed by atoms with Crippen molar-refractivity contribution in [1.82, 2.24) is 9.88 Å². The zero-order valence-corrected chi connectivity index (χ0v) is 16.2. The smallest absolute Gasteiger partial charge is 0.254 e. The van der Waals surface area contributed by atoms with Gasteiger partial charge in [0.25, 0.3) is 5.91 Å². The second-order valence-electron chi connectivity index (χ2n) is 6.22. The highest BCUT2D eigenvalue weighted by Gasteiger charge is 2.17. The van der Waals surface area contributed by atoms with E-state index in [1.807, 2.05) is 30.2 Å². The van der Waals surface area contributed by atoms with Crippen LogP contribution in [0.3, 0.4) is 0 Å². The Labute approximate surface area is 147 Å². The molecule has 4 heteroatoms. The van der Waals surface area contributed by atoms with Crippen LogP contribution in [-0.2, 0) is 0 Å². The van der Waals surface area contributed by atoms with Crippen molar-refractivity contribution in [3.05, 3.63) is 47.3 Å². The minimum Gasteiger partial charge on any atom is -0.339 e. The number of rotatable bonds is 6. The van der Waals surface area contributed by atoms with E-state index < -0.39 is 0 Å². The third-order valence-corrected chi connectivity index (χ3v) is 4.71. The molecule has 0 radical (unpaired) electrons. The molecular formula is C20H27N2OP. The maximum absolute atomic E-state index is 12.8. The summed E-state index contributed by atoms with van der Waals surface area (Å²) in [4.78, 5) is 19.2. The van der Waals surface area contributed by atoms with E-state index >= 15 is 0 Å². The van der Waals surface area contributed by atoms with Crippen molar-refractivity contribution in [3.63, 3.8) is 0 Å². The molecule has 0 aliphatic carbocycles. The Bertz CT molecular complexity index is 722. The van der Waals surface area contributed by atoms with Gasteiger partial charge in [0, 0.05) is 36.1 Å². The molecular weight excluding hydrogens is 315 g/mol. The lowest BCUT2D eigenvalue weighted by Gasteiger charge is -2.22. The minimum absolute atomic E-state index is 0.119. The van der Waals surface area contributed by atoms with E-state index in [-0.39, 0.29) is 5.91 Å². The highest BCUT2D eigenvalue weighted by molar-refractivity contribution is 7.27. The number of hydrogen-bond acceptors (Lipinski definition) is 2. The van der Waals surface area contributed by atoms with E-state index in [2.05, 4.69) is 47.1 Å². The van der Waals surface area contributed by atoms with Crippen molar-refractivity contribution in [2.24, 2.45) is 0 Å². The summed E-state index contributed by atoms with van der Waals surface area (Å²) in [6, 6.07) is 8.15. The van der Waals surface area contributed by atoms with Gasteiger partial charge in [-0.1, -0.05) is 19.9 Å². The van der Waals surface area contributed by atoms with Gasteiger partial charge < -0.3 is 4.90 Å². The summed E-state index contributed by atoms with van der Waals surface area (Å²) < 4.78 is 0. The summed E-state index contributed by atoms with van der Waals surface area (Å²) in [6.07, 6.45) is 3.85. The van der Waals surface area contributed by atoms with Crippen LogP contribution in [0.1, 0.15) is 48.3 Å². The number of hydrogen-bond donors (Lipinski definition) is 0. The monoisotopic (exact) mass is 342 g/mol. The van der Waals surface area contributed by atoms with Gasteiger partial charge in [-0.2, -0.15) is 0 Å². The Balaban J connectivity index is 2.31. The molecule has 2 rings (SSSR count). The Kier molecular flexibility index (Phi) is 6.51. The van der Waals surface area contributed by atoms with E-state index in [4.69, 9.17) is 0 Å². The summed E-state index contributed by atoms with van der Waals surface area (Å²) in [5.74, 6) is 0.119. The van der Waals surface area contributed by atoms with Crippen molar-refractivity contribution < 1.29 is 4.79 Å². The van der Waals surface area contributed by atoms with Gasteiger partial charge in [-0.25, -0.2) is 0 Å². The van der Waals surface area contributed by atoms with Crippen molar-refractivity contribution in [1.29, 1.82) is 0 Å². The first-order valence-corrected chi connectivity index (χ1v) is 9.18. The molecule has 0 aliphatic heterocycles. The van der Waals surface area contributed by atoms with Crippen molar-refractivity contribution >= 4 is 20.5 Å². The summed E-state index contributed by atoms with van der Waals surface area (Å²) >= 11 is 0. The SMILES string of the molecule is CCCN(CCC)C(=O)c1ccc(-c2cnc(C)c(C)c2)cc1P. The van der Waals surface area contributed by atoms with Crippen LogP contribution in [0.2, 0.25) is 0 Å². The second kappa shape index (κ2) is 8.39. The number of benzene rings is 1. The fourth-order valence-corrected chi connectivity index (χ4v) is 3.16. The predicted molar refractivity (Wildman–Crippen MR) is 105 cm³/mol. The van der Waals surface area contributed by atoms with E-state index in [0.29, 0.717) is 0 Å². The second-order valence-corrected chi connectivity index (χ2v) is 6.84. The molecule has 0 saturated heterocycles. The standard InChI is InChI=1S/C20H27N2OP/c1-5-9-22(10-6-2)20(23)18-8-7-16(12-19(18)24)17-11-14(3)15(4)21-13-17/h7-8,11-13H,5-6,9-10,24H2,1-4H3. The molecule has 0 bridgehead atoms.